The van der Waals surface area contributed by atoms with Crippen LogP contribution in [-0.4, -0.2) is 22.0 Å². The molecule has 2 rings (SSSR count). The van der Waals surface area contributed by atoms with Crippen LogP contribution in [0.3, 0.4) is 0 Å². The Morgan fingerprint density at radius 1 is 1.22 bits per heavy atom. The van der Waals surface area contributed by atoms with Gasteiger partial charge in [0.1, 0.15) is 10.9 Å². The third-order valence-electron chi connectivity index (χ3n) is 3.17. The van der Waals surface area contributed by atoms with Gasteiger partial charge in [-0.1, -0.05) is 23.7 Å². The number of aliphatic carboxylic acids is 1. The number of hydrogen-bond donors (Lipinski definition) is 3. The van der Waals surface area contributed by atoms with Crippen molar-refractivity contribution in [1.29, 1.82) is 0 Å². The van der Waals surface area contributed by atoms with E-state index >= 15 is 0 Å². The number of carboxylic acids is 1. The molecule has 1 aromatic heterocycles. The summed E-state index contributed by atoms with van der Waals surface area (Å²) in [6.45, 7) is 1.60. The molecule has 0 radical (unpaired) electrons. The Morgan fingerprint density at radius 2 is 1.87 bits per heavy atom. The molecule has 23 heavy (non-hydrogen) atoms. The average molecular weight is 332 g/mol. The molecule has 0 atom stereocenters. The van der Waals surface area contributed by atoms with Crippen LogP contribution in [0.5, 0.6) is 0 Å². The second-order valence-electron chi connectivity index (χ2n) is 4.72. The summed E-state index contributed by atoms with van der Waals surface area (Å²) < 4.78 is 0. The summed E-state index contributed by atoms with van der Waals surface area (Å²) in [5.74, 6) is -1.90. The number of carbonyl (C=O) groups is 2. The number of nitrogens with zero attached hydrogens (tertiary/aromatic N) is 1. The maximum absolute atomic E-state index is 12.2. The average Bonchev–Trinajstić information content (AvgIpc) is 2.52. The highest BCUT2D eigenvalue weighted by Crippen LogP contribution is 2.19. The van der Waals surface area contributed by atoms with Gasteiger partial charge in [0.05, 0.1) is 5.56 Å². The number of amides is 1. The van der Waals surface area contributed by atoms with Crippen LogP contribution < -0.4 is 11.1 Å². The SMILES string of the molecule is C/C(=C(/NC(=O)c1cccnc1Cl)C(=O)O)c1ccc(N)cc1. The van der Waals surface area contributed by atoms with Crippen molar-refractivity contribution in [2.24, 2.45) is 0 Å². The minimum atomic E-state index is -1.26. The number of allylic oxidation sites excluding steroid dienone is 1. The summed E-state index contributed by atoms with van der Waals surface area (Å²) in [6, 6.07) is 9.66. The molecule has 0 saturated heterocycles. The van der Waals surface area contributed by atoms with Gasteiger partial charge in [-0.15, -0.1) is 0 Å². The lowest BCUT2D eigenvalue weighted by molar-refractivity contribution is -0.132. The minimum absolute atomic E-state index is 0.000114. The van der Waals surface area contributed by atoms with Crippen molar-refractivity contribution in [3.8, 4) is 0 Å². The van der Waals surface area contributed by atoms with Crippen molar-refractivity contribution in [1.82, 2.24) is 10.3 Å². The maximum Gasteiger partial charge on any atom is 0.352 e. The van der Waals surface area contributed by atoms with E-state index in [1.165, 1.54) is 18.3 Å². The number of carboxylic acid groups (broad SMARTS) is 1. The van der Waals surface area contributed by atoms with Crippen molar-refractivity contribution < 1.29 is 14.7 Å². The van der Waals surface area contributed by atoms with Crippen LogP contribution in [0.4, 0.5) is 5.69 Å². The molecule has 0 bridgehead atoms. The molecule has 1 aromatic carbocycles. The van der Waals surface area contributed by atoms with Gasteiger partial charge in [-0.25, -0.2) is 9.78 Å². The van der Waals surface area contributed by atoms with Crippen LogP contribution in [0, 0.1) is 0 Å². The van der Waals surface area contributed by atoms with E-state index in [4.69, 9.17) is 17.3 Å². The molecular weight excluding hydrogens is 318 g/mol. The van der Waals surface area contributed by atoms with Gasteiger partial charge in [0.25, 0.3) is 5.91 Å². The first-order valence-corrected chi connectivity index (χ1v) is 7.00. The summed E-state index contributed by atoms with van der Waals surface area (Å²) in [7, 11) is 0. The van der Waals surface area contributed by atoms with E-state index in [0.29, 0.717) is 16.8 Å². The molecule has 0 aliphatic carbocycles. The Morgan fingerprint density at radius 3 is 2.43 bits per heavy atom. The standard InChI is InChI=1S/C16H14ClN3O3/c1-9(10-4-6-11(18)7-5-10)13(16(22)23)20-15(21)12-3-2-8-19-14(12)17/h2-8H,18H2,1H3,(H,20,21)(H,22,23)/b13-9-. The van der Waals surface area contributed by atoms with E-state index in [1.807, 2.05) is 0 Å². The Kier molecular flexibility index (Phi) is 4.98. The number of pyridine rings is 1. The van der Waals surface area contributed by atoms with Crippen molar-refractivity contribution in [2.75, 3.05) is 5.73 Å². The quantitative estimate of drug-likeness (QED) is 0.453. The Bertz CT molecular complexity index is 785. The van der Waals surface area contributed by atoms with Gasteiger partial charge in [0.2, 0.25) is 0 Å². The molecule has 0 fully saturated rings. The zero-order chi connectivity index (χ0) is 17.0. The van der Waals surface area contributed by atoms with Gasteiger partial charge in [-0.05, 0) is 42.3 Å². The highest BCUT2D eigenvalue weighted by molar-refractivity contribution is 6.32. The number of carbonyl (C=O) groups excluding carboxylic acids is 1. The van der Waals surface area contributed by atoms with E-state index < -0.39 is 11.9 Å². The number of halogens is 1. The third-order valence-corrected chi connectivity index (χ3v) is 3.48. The minimum Gasteiger partial charge on any atom is -0.477 e. The van der Waals surface area contributed by atoms with Gasteiger partial charge in [0, 0.05) is 11.9 Å². The van der Waals surface area contributed by atoms with Crippen LogP contribution in [-0.2, 0) is 4.79 Å². The van der Waals surface area contributed by atoms with E-state index in [9.17, 15) is 14.7 Å². The number of hydrogen-bond acceptors (Lipinski definition) is 4. The molecular formula is C16H14ClN3O3. The number of anilines is 1. The first-order chi connectivity index (χ1) is 10.9. The van der Waals surface area contributed by atoms with Crippen LogP contribution in [0.15, 0.2) is 48.3 Å². The summed E-state index contributed by atoms with van der Waals surface area (Å²) in [6.07, 6.45) is 1.44. The Hall–Kier alpha value is -2.86. The zero-order valence-electron chi connectivity index (χ0n) is 12.2. The molecule has 0 aliphatic rings. The first kappa shape index (κ1) is 16.5. The van der Waals surface area contributed by atoms with Crippen LogP contribution in [0.1, 0.15) is 22.8 Å². The normalized spacial score (nSPS) is 11.6. The molecule has 1 heterocycles. The molecule has 1 amide bonds. The molecule has 0 aliphatic heterocycles. The summed E-state index contributed by atoms with van der Waals surface area (Å²) in [5.41, 5.74) is 7.06. The number of nitrogens with one attached hydrogen (secondary N) is 1. The molecule has 118 valence electrons. The van der Waals surface area contributed by atoms with Crippen LogP contribution >= 0.6 is 11.6 Å². The lowest BCUT2D eigenvalue weighted by atomic mass is 10.0. The predicted octanol–water partition coefficient (Wildman–Crippen LogP) is 2.56. The van der Waals surface area contributed by atoms with Gasteiger partial charge in [0.15, 0.2) is 0 Å². The van der Waals surface area contributed by atoms with E-state index in [1.54, 1.807) is 31.2 Å². The fourth-order valence-electron chi connectivity index (χ4n) is 1.92. The second kappa shape index (κ2) is 6.93. The molecule has 0 unspecified atom stereocenters. The number of nitrogen functional groups attached to an aromatic ring is 1. The smallest absolute Gasteiger partial charge is 0.352 e. The lowest BCUT2D eigenvalue weighted by Crippen LogP contribution is -2.28. The first-order valence-electron chi connectivity index (χ1n) is 6.62. The summed E-state index contributed by atoms with van der Waals surface area (Å²) >= 11 is 5.85. The van der Waals surface area contributed by atoms with Gasteiger partial charge >= 0.3 is 5.97 Å². The Balaban J connectivity index is 2.37. The van der Waals surface area contributed by atoms with Gasteiger partial charge < -0.3 is 16.2 Å². The molecule has 0 spiro atoms. The van der Waals surface area contributed by atoms with Crippen molar-refractivity contribution in [3.05, 3.63) is 64.6 Å². The van der Waals surface area contributed by atoms with Crippen LogP contribution in [0.2, 0.25) is 5.15 Å². The number of nitrogens with two attached hydrogens (primary N) is 1. The van der Waals surface area contributed by atoms with E-state index in [2.05, 4.69) is 10.3 Å². The van der Waals surface area contributed by atoms with E-state index in [-0.39, 0.29) is 16.4 Å². The van der Waals surface area contributed by atoms with Gasteiger partial charge in [-0.2, -0.15) is 0 Å². The monoisotopic (exact) mass is 331 g/mol. The number of benzene rings is 1. The van der Waals surface area contributed by atoms with Crippen LogP contribution in [0.25, 0.3) is 5.57 Å². The molecule has 7 heteroatoms. The summed E-state index contributed by atoms with van der Waals surface area (Å²) in [4.78, 5) is 27.5. The zero-order valence-corrected chi connectivity index (χ0v) is 13.0. The largest absolute Gasteiger partial charge is 0.477 e. The third kappa shape index (κ3) is 3.87. The highest BCUT2D eigenvalue weighted by Gasteiger charge is 2.19. The molecule has 4 N–H and O–H groups in total. The maximum atomic E-state index is 12.2. The van der Waals surface area contributed by atoms with Crippen molar-refractivity contribution in [3.63, 3.8) is 0 Å². The van der Waals surface area contributed by atoms with Crippen molar-refractivity contribution >= 4 is 34.7 Å². The molecule has 2 aromatic rings. The molecule has 0 saturated carbocycles. The number of aromatic nitrogens is 1. The lowest BCUT2D eigenvalue weighted by Gasteiger charge is -2.11. The fourth-order valence-corrected chi connectivity index (χ4v) is 2.13. The predicted molar refractivity (Wildman–Crippen MR) is 87.8 cm³/mol. The Labute approximate surface area is 137 Å². The number of rotatable bonds is 4. The second-order valence-corrected chi connectivity index (χ2v) is 5.08. The topological polar surface area (TPSA) is 105 Å². The van der Waals surface area contributed by atoms with E-state index in [0.717, 1.165) is 0 Å². The van der Waals surface area contributed by atoms with Crippen molar-refractivity contribution in [2.45, 2.75) is 6.92 Å². The summed E-state index contributed by atoms with van der Waals surface area (Å²) in [5, 5.41) is 11.8. The fraction of sp³-hybridized carbons (Fsp3) is 0.0625. The highest BCUT2D eigenvalue weighted by atomic mass is 35.5. The van der Waals surface area contributed by atoms with Gasteiger partial charge in [-0.3, -0.25) is 4.79 Å². The molecule has 6 nitrogen and oxygen atoms in total.